The number of hydrogen-bond acceptors (Lipinski definition) is 5. The number of carbonyl (C=O) groups excluding carboxylic acids is 1. The molecule has 2 aromatic rings. The molecule has 1 amide bonds. The molecule has 1 aliphatic heterocycles. The van der Waals surface area contributed by atoms with Crippen molar-refractivity contribution in [1.29, 1.82) is 0 Å². The first-order valence-electron chi connectivity index (χ1n) is 7.78. The number of aromatic nitrogens is 4. The van der Waals surface area contributed by atoms with Gasteiger partial charge in [-0.25, -0.2) is 14.6 Å². The van der Waals surface area contributed by atoms with Gasteiger partial charge in [0.25, 0.3) is 0 Å². The Morgan fingerprint density at radius 3 is 2.91 bits per heavy atom. The number of likely N-dealkylation sites (tertiary alicyclic amines) is 1. The molecule has 0 radical (unpaired) electrons. The molecule has 1 fully saturated rings. The summed E-state index contributed by atoms with van der Waals surface area (Å²) in [5.41, 5.74) is 8.20. The number of nitrogens with two attached hydrogens (primary N) is 1. The lowest BCUT2D eigenvalue weighted by Gasteiger charge is -2.18. The molecular formula is C15H22N6O. The smallest absolute Gasteiger partial charge is 0.225 e. The van der Waals surface area contributed by atoms with Gasteiger partial charge in [0.1, 0.15) is 5.52 Å². The predicted octanol–water partition coefficient (Wildman–Crippen LogP) is 0.757. The Kier molecular flexibility index (Phi) is 4.06. The number of carbonyl (C=O) groups is 1. The predicted molar refractivity (Wildman–Crippen MR) is 83.2 cm³/mol. The van der Waals surface area contributed by atoms with E-state index in [1.807, 2.05) is 23.4 Å². The Balaban J connectivity index is 1.90. The van der Waals surface area contributed by atoms with Gasteiger partial charge in [-0.15, -0.1) is 0 Å². The van der Waals surface area contributed by atoms with Gasteiger partial charge in [0.15, 0.2) is 5.65 Å². The van der Waals surface area contributed by atoms with Crippen LogP contribution in [0.15, 0.2) is 12.4 Å². The highest BCUT2D eigenvalue weighted by Crippen LogP contribution is 2.30. The van der Waals surface area contributed by atoms with Crippen molar-refractivity contribution in [3.8, 4) is 0 Å². The highest BCUT2D eigenvalue weighted by atomic mass is 16.2. The Hall–Kier alpha value is -2.02. The van der Waals surface area contributed by atoms with Gasteiger partial charge < -0.3 is 10.6 Å². The summed E-state index contributed by atoms with van der Waals surface area (Å²) in [6.07, 6.45) is 4.28. The van der Waals surface area contributed by atoms with Crippen molar-refractivity contribution in [2.24, 2.45) is 11.7 Å². The van der Waals surface area contributed by atoms with Gasteiger partial charge in [-0.1, -0.05) is 13.8 Å². The Morgan fingerprint density at radius 2 is 2.18 bits per heavy atom. The van der Waals surface area contributed by atoms with Crippen LogP contribution < -0.4 is 5.73 Å². The average Bonchev–Trinajstić information content (AvgIpc) is 3.12. The fraction of sp³-hybridized carbons (Fsp3) is 0.600. The molecule has 0 aliphatic carbocycles. The third-order valence-corrected chi connectivity index (χ3v) is 4.12. The molecule has 3 heterocycles. The number of nitrogens with zero attached hydrogens (tertiary/aromatic N) is 5. The molecule has 3 rings (SSSR count). The quantitative estimate of drug-likeness (QED) is 0.900. The van der Waals surface area contributed by atoms with E-state index in [1.54, 1.807) is 12.4 Å². The second-order valence-electron chi connectivity index (χ2n) is 6.05. The maximum Gasteiger partial charge on any atom is 0.225 e. The minimum atomic E-state index is 0.0325. The molecule has 2 aromatic heterocycles. The van der Waals surface area contributed by atoms with E-state index in [2.05, 4.69) is 15.1 Å². The first-order valence-corrected chi connectivity index (χ1v) is 7.78. The van der Waals surface area contributed by atoms with Crippen molar-refractivity contribution in [3.05, 3.63) is 18.1 Å². The molecule has 118 valence electrons. The third-order valence-electron chi connectivity index (χ3n) is 4.12. The monoisotopic (exact) mass is 302 g/mol. The van der Waals surface area contributed by atoms with E-state index in [0.717, 1.165) is 29.8 Å². The summed E-state index contributed by atoms with van der Waals surface area (Å²) in [5, 5.41) is 4.67. The minimum Gasteiger partial charge on any atom is -0.342 e. The second-order valence-corrected chi connectivity index (χ2v) is 6.05. The van der Waals surface area contributed by atoms with E-state index in [0.29, 0.717) is 19.6 Å². The van der Waals surface area contributed by atoms with Crippen LogP contribution in [0.25, 0.3) is 11.2 Å². The summed E-state index contributed by atoms with van der Waals surface area (Å²) in [7, 11) is 0. The molecular weight excluding hydrogens is 280 g/mol. The van der Waals surface area contributed by atoms with Crippen LogP contribution >= 0.6 is 0 Å². The molecule has 7 heteroatoms. The van der Waals surface area contributed by atoms with Gasteiger partial charge in [-0.2, -0.15) is 5.10 Å². The topological polar surface area (TPSA) is 89.9 Å². The number of fused-ring (bicyclic) bond motifs is 1. The molecule has 0 bridgehead atoms. The van der Waals surface area contributed by atoms with Crippen LogP contribution in [0.4, 0.5) is 0 Å². The van der Waals surface area contributed by atoms with E-state index in [1.165, 1.54) is 0 Å². The van der Waals surface area contributed by atoms with E-state index in [9.17, 15) is 4.79 Å². The number of rotatable bonds is 4. The van der Waals surface area contributed by atoms with Gasteiger partial charge in [0, 0.05) is 43.9 Å². The van der Waals surface area contributed by atoms with E-state index in [-0.39, 0.29) is 17.7 Å². The maximum absolute atomic E-state index is 12.1. The van der Waals surface area contributed by atoms with Crippen molar-refractivity contribution in [1.82, 2.24) is 24.6 Å². The van der Waals surface area contributed by atoms with E-state index in [4.69, 9.17) is 5.73 Å². The number of hydrogen-bond donors (Lipinski definition) is 1. The fourth-order valence-corrected chi connectivity index (χ4v) is 3.03. The Bertz CT molecular complexity index is 680. The minimum absolute atomic E-state index is 0.0325. The van der Waals surface area contributed by atoms with Crippen molar-refractivity contribution in [2.75, 3.05) is 19.6 Å². The van der Waals surface area contributed by atoms with Gasteiger partial charge in [-0.05, 0) is 6.42 Å². The Morgan fingerprint density at radius 1 is 1.41 bits per heavy atom. The van der Waals surface area contributed by atoms with Crippen molar-refractivity contribution < 1.29 is 4.79 Å². The fourth-order valence-electron chi connectivity index (χ4n) is 3.03. The summed E-state index contributed by atoms with van der Waals surface area (Å²) < 4.78 is 1.82. The van der Waals surface area contributed by atoms with Crippen LogP contribution in [0.5, 0.6) is 0 Å². The molecule has 1 aliphatic rings. The van der Waals surface area contributed by atoms with Crippen molar-refractivity contribution in [3.63, 3.8) is 0 Å². The standard InChI is InChI=1S/C15H22N6O/c1-10(2)15(22)20-7-3-11(9-20)12-13-14(18-6-5-17-13)21(19-12)8-4-16/h5-6,10-11H,3-4,7-9,16H2,1-2H3. The second kappa shape index (κ2) is 6.00. The molecule has 1 atom stereocenters. The normalized spacial score (nSPS) is 18.5. The van der Waals surface area contributed by atoms with Crippen LogP contribution in [0, 0.1) is 5.92 Å². The molecule has 0 saturated carbocycles. The summed E-state index contributed by atoms with van der Waals surface area (Å²) in [6.45, 7) is 6.50. The summed E-state index contributed by atoms with van der Waals surface area (Å²) in [6, 6.07) is 0. The highest BCUT2D eigenvalue weighted by molar-refractivity contribution is 5.79. The van der Waals surface area contributed by atoms with Crippen LogP contribution in [-0.2, 0) is 11.3 Å². The number of amides is 1. The van der Waals surface area contributed by atoms with Crippen molar-refractivity contribution >= 4 is 17.1 Å². The maximum atomic E-state index is 12.1. The molecule has 2 N–H and O–H groups in total. The lowest BCUT2D eigenvalue weighted by Crippen LogP contribution is -2.32. The molecule has 22 heavy (non-hydrogen) atoms. The van der Waals surface area contributed by atoms with Gasteiger partial charge in [0.2, 0.25) is 5.91 Å². The molecule has 1 saturated heterocycles. The SMILES string of the molecule is CC(C)C(=O)N1CCC(c2nn(CCN)c3nccnc23)C1. The lowest BCUT2D eigenvalue weighted by atomic mass is 10.0. The van der Waals surface area contributed by atoms with Crippen LogP contribution in [0.2, 0.25) is 0 Å². The first-order chi connectivity index (χ1) is 10.6. The van der Waals surface area contributed by atoms with Crippen LogP contribution in [0.3, 0.4) is 0 Å². The third kappa shape index (κ3) is 2.56. The molecule has 0 aromatic carbocycles. The van der Waals surface area contributed by atoms with E-state index >= 15 is 0 Å². The summed E-state index contributed by atoms with van der Waals surface area (Å²) >= 11 is 0. The highest BCUT2D eigenvalue weighted by Gasteiger charge is 2.32. The van der Waals surface area contributed by atoms with E-state index < -0.39 is 0 Å². The lowest BCUT2D eigenvalue weighted by molar-refractivity contribution is -0.133. The largest absolute Gasteiger partial charge is 0.342 e. The summed E-state index contributed by atoms with van der Waals surface area (Å²) in [5.74, 6) is 0.463. The van der Waals surface area contributed by atoms with Crippen LogP contribution in [-0.4, -0.2) is 50.2 Å². The average molecular weight is 302 g/mol. The first kappa shape index (κ1) is 14.9. The molecule has 7 nitrogen and oxygen atoms in total. The zero-order chi connectivity index (χ0) is 15.7. The van der Waals surface area contributed by atoms with Gasteiger partial charge >= 0.3 is 0 Å². The molecule has 0 spiro atoms. The van der Waals surface area contributed by atoms with Crippen LogP contribution in [0.1, 0.15) is 31.9 Å². The van der Waals surface area contributed by atoms with Gasteiger partial charge in [0.05, 0.1) is 12.2 Å². The van der Waals surface area contributed by atoms with Gasteiger partial charge in [-0.3, -0.25) is 4.79 Å². The molecule has 1 unspecified atom stereocenters. The zero-order valence-corrected chi connectivity index (χ0v) is 13.1. The summed E-state index contributed by atoms with van der Waals surface area (Å²) in [4.78, 5) is 22.9. The Labute approximate surface area is 129 Å². The zero-order valence-electron chi connectivity index (χ0n) is 13.1. The van der Waals surface area contributed by atoms with Crippen molar-refractivity contribution in [2.45, 2.75) is 32.7 Å².